The van der Waals surface area contributed by atoms with Crippen molar-refractivity contribution in [1.82, 2.24) is 9.80 Å². The molecule has 3 aliphatic rings. The van der Waals surface area contributed by atoms with E-state index in [4.69, 9.17) is 5.26 Å². The van der Waals surface area contributed by atoms with E-state index in [0.29, 0.717) is 29.9 Å². The third-order valence-electron chi connectivity index (χ3n) is 6.80. The minimum Gasteiger partial charge on any atom is -0.317 e. The lowest BCUT2D eigenvalue weighted by Gasteiger charge is -2.34. The number of likely N-dealkylation sites (tertiary alicyclic amines) is 1. The highest BCUT2D eigenvalue weighted by atomic mass is 16.2. The fourth-order valence-corrected chi connectivity index (χ4v) is 5.34. The van der Waals surface area contributed by atoms with Crippen molar-refractivity contribution in [1.29, 1.82) is 5.26 Å². The highest BCUT2D eigenvalue weighted by Crippen LogP contribution is 2.43. The number of amides is 5. The van der Waals surface area contributed by atoms with Crippen molar-refractivity contribution in [2.75, 3.05) is 16.8 Å². The summed E-state index contributed by atoms with van der Waals surface area (Å²) in [7, 11) is 0. The van der Waals surface area contributed by atoms with Crippen LogP contribution in [0.3, 0.4) is 0 Å². The summed E-state index contributed by atoms with van der Waals surface area (Å²) in [6.45, 7) is 0.381. The lowest BCUT2D eigenvalue weighted by molar-refractivity contribution is -0.120. The molecule has 0 aliphatic carbocycles. The zero-order chi connectivity index (χ0) is 22.7. The van der Waals surface area contributed by atoms with Gasteiger partial charge in [0.05, 0.1) is 29.4 Å². The van der Waals surface area contributed by atoms with Gasteiger partial charge >= 0.3 is 12.1 Å². The third kappa shape index (κ3) is 2.79. The number of nitrogens with zero attached hydrogens (tertiary/aromatic N) is 4. The maximum Gasteiger partial charge on any atom is 0.332 e. The van der Waals surface area contributed by atoms with Crippen molar-refractivity contribution in [3.8, 4) is 6.07 Å². The summed E-state index contributed by atoms with van der Waals surface area (Å²) >= 11 is 0. The molecule has 0 radical (unpaired) electrons. The molecular formula is C25H19N5O3. The Labute approximate surface area is 189 Å². The van der Waals surface area contributed by atoms with Crippen LogP contribution in [0.15, 0.2) is 66.7 Å². The third-order valence-corrected chi connectivity index (χ3v) is 6.80. The molecule has 0 saturated carbocycles. The first-order valence-electron chi connectivity index (χ1n) is 10.8. The monoisotopic (exact) mass is 437 g/mol. The molecule has 8 nitrogen and oxygen atoms in total. The van der Waals surface area contributed by atoms with Crippen LogP contribution in [0.5, 0.6) is 0 Å². The van der Waals surface area contributed by atoms with E-state index in [-0.39, 0.29) is 30.1 Å². The van der Waals surface area contributed by atoms with E-state index < -0.39 is 6.04 Å². The molecule has 0 unspecified atom stereocenters. The van der Waals surface area contributed by atoms with E-state index in [0.717, 1.165) is 10.8 Å². The second kappa shape index (κ2) is 7.07. The largest absolute Gasteiger partial charge is 0.332 e. The van der Waals surface area contributed by atoms with Crippen LogP contribution >= 0.6 is 0 Å². The number of piperazine rings is 1. The molecule has 3 saturated heterocycles. The molecule has 3 aliphatic heterocycles. The molecule has 33 heavy (non-hydrogen) atoms. The highest BCUT2D eigenvalue weighted by Gasteiger charge is 2.63. The second-order valence-corrected chi connectivity index (χ2v) is 8.54. The van der Waals surface area contributed by atoms with Gasteiger partial charge < -0.3 is 15.1 Å². The van der Waals surface area contributed by atoms with E-state index in [9.17, 15) is 14.4 Å². The van der Waals surface area contributed by atoms with Crippen molar-refractivity contribution in [3.63, 3.8) is 0 Å². The molecule has 1 N–H and O–H groups in total. The SMILES string of the molecule is N#Cc1ccc(NC(=O)N2C[C@@H]3C[C@H]2[C@H]2C(=O)N(c4cccc5ccccc45)C(=O)N32)cc1. The molecule has 162 valence electrons. The average molecular weight is 437 g/mol. The number of fused-ring (bicyclic) bond motifs is 6. The molecule has 8 heteroatoms. The van der Waals surface area contributed by atoms with Gasteiger partial charge in [0.2, 0.25) is 0 Å². The van der Waals surface area contributed by atoms with E-state index >= 15 is 0 Å². The Balaban J connectivity index is 1.27. The zero-order valence-corrected chi connectivity index (χ0v) is 17.5. The molecule has 0 spiro atoms. The van der Waals surface area contributed by atoms with Gasteiger partial charge in [-0.15, -0.1) is 0 Å². The Kier molecular flexibility index (Phi) is 4.14. The van der Waals surface area contributed by atoms with Gasteiger partial charge in [0, 0.05) is 17.6 Å². The summed E-state index contributed by atoms with van der Waals surface area (Å²) in [6, 6.07) is 20.0. The van der Waals surface area contributed by atoms with Crippen LogP contribution in [0.2, 0.25) is 0 Å². The lowest BCUT2D eigenvalue weighted by Crippen LogP contribution is -2.55. The van der Waals surface area contributed by atoms with Gasteiger partial charge in [0.25, 0.3) is 5.91 Å². The predicted octanol–water partition coefficient (Wildman–Crippen LogP) is 3.54. The fraction of sp³-hybridized carbons (Fsp3) is 0.200. The molecule has 3 atom stereocenters. The van der Waals surface area contributed by atoms with Crippen LogP contribution in [0.25, 0.3) is 10.8 Å². The topological polar surface area (TPSA) is 96.7 Å². The van der Waals surface area contributed by atoms with E-state index in [1.54, 1.807) is 40.1 Å². The Hall–Kier alpha value is -4.38. The minimum atomic E-state index is -0.679. The maximum atomic E-state index is 13.5. The summed E-state index contributed by atoms with van der Waals surface area (Å²) < 4.78 is 0. The first-order chi connectivity index (χ1) is 16.1. The van der Waals surface area contributed by atoms with Gasteiger partial charge in [-0.05, 0) is 42.1 Å². The molecule has 0 aromatic heterocycles. The molecular weight excluding hydrogens is 418 g/mol. The Morgan fingerprint density at radius 2 is 1.76 bits per heavy atom. The summed E-state index contributed by atoms with van der Waals surface area (Å²) in [4.78, 5) is 44.4. The number of hydrogen-bond donors (Lipinski definition) is 1. The number of nitriles is 1. The van der Waals surface area contributed by atoms with Crippen molar-refractivity contribution < 1.29 is 14.4 Å². The summed E-state index contributed by atoms with van der Waals surface area (Å²) in [5, 5.41) is 13.6. The number of carbonyl (C=O) groups excluding carboxylic acids is 3. The number of rotatable bonds is 2. The van der Waals surface area contributed by atoms with Crippen LogP contribution in [-0.4, -0.2) is 52.4 Å². The van der Waals surface area contributed by atoms with Gasteiger partial charge in [0.15, 0.2) is 0 Å². The number of hydrogen-bond acceptors (Lipinski definition) is 4. The molecule has 3 aromatic rings. The van der Waals surface area contributed by atoms with Gasteiger partial charge in [-0.3, -0.25) is 4.79 Å². The summed E-state index contributed by atoms with van der Waals surface area (Å²) in [5.41, 5.74) is 1.66. The molecule has 3 heterocycles. The maximum absolute atomic E-state index is 13.5. The van der Waals surface area contributed by atoms with Gasteiger partial charge in [-0.1, -0.05) is 36.4 Å². The van der Waals surface area contributed by atoms with Crippen LogP contribution in [0.1, 0.15) is 12.0 Å². The quantitative estimate of drug-likeness (QED) is 0.620. The lowest BCUT2D eigenvalue weighted by atomic mass is 10.1. The second-order valence-electron chi connectivity index (χ2n) is 8.54. The van der Waals surface area contributed by atoms with Crippen molar-refractivity contribution in [3.05, 3.63) is 72.3 Å². The van der Waals surface area contributed by atoms with Crippen molar-refractivity contribution >= 4 is 40.1 Å². The number of anilines is 2. The number of benzene rings is 3. The average Bonchev–Trinajstić information content (AvgIpc) is 3.51. The van der Waals surface area contributed by atoms with Gasteiger partial charge in [-0.25, -0.2) is 14.5 Å². The van der Waals surface area contributed by atoms with E-state index in [1.807, 2.05) is 42.5 Å². The zero-order valence-electron chi connectivity index (χ0n) is 17.5. The first kappa shape index (κ1) is 19.3. The Morgan fingerprint density at radius 3 is 2.55 bits per heavy atom. The summed E-state index contributed by atoms with van der Waals surface area (Å²) in [5.74, 6) is -0.292. The molecule has 3 aromatic carbocycles. The van der Waals surface area contributed by atoms with Crippen molar-refractivity contribution in [2.45, 2.75) is 24.5 Å². The van der Waals surface area contributed by atoms with Gasteiger partial charge in [0.1, 0.15) is 6.04 Å². The van der Waals surface area contributed by atoms with Crippen LogP contribution in [0.4, 0.5) is 21.0 Å². The van der Waals surface area contributed by atoms with E-state index in [1.165, 1.54) is 4.90 Å². The molecule has 3 fully saturated rings. The molecule has 6 rings (SSSR count). The first-order valence-corrected chi connectivity index (χ1v) is 10.8. The highest BCUT2D eigenvalue weighted by molar-refractivity contribution is 6.25. The molecule has 5 amide bonds. The Bertz CT molecular complexity index is 1360. The normalized spacial score (nSPS) is 23.2. The number of carbonyl (C=O) groups is 3. The number of urea groups is 2. The standard InChI is InChI=1S/C25H19N5O3/c26-13-15-8-10-17(11-9-15)27-24(32)28-14-18-12-21(28)22-23(31)30(25(33)29(18)22)20-7-3-5-16-4-1-2-6-19(16)20/h1-11,18,21-22H,12,14H2,(H,27,32)/t18-,21-,22-/m0/s1. The van der Waals surface area contributed by atoms with Crippen LogP contribution < -0.4 is 10.2 Å². The van der Waals surface area contributed by atoms with Crippen LogP contribution in [0, 0.1) is 11.3 Å². The number of nitrogens with one attached hydrogen (secondary N) is 1. The van der Waals surface area contributed by atoms with Crippen molar-refractivity contribution in [2.24, 2.45) is 0 Å². The summed E-state index contributed by atoms with van der Waals surface area (Å²) in [6.07, 6.45) is 0.590. The fourth-order valence-electron chi connectivity index (χ4n) is 5.34. The van der Waals surface area contributed by atoms with Gasteiger partial charge in [-0.2, -0.15) is 5.26 Å². The minimum absolute atomic E-state index is 0.192. The number of imide groups is 1. The molecule has 2 bridgehead atoms. The van der Waals surface area contributed by atoms with E-state index in [2.05, 4.69) is 5.32 Å². The Morgan fingerprint density at radius 1 is 1.00 bits per heavy atom. The predicted molar refractivity (Wildman–Crippen MR) is 122 cm³/mol. The smallest absolute Gasteiger partial charge is 0.317 e. The van der Waals surface area contributed by atoms with Crippen LogP contribution in [-0.2, 0) is 4.79 Å².